The fourth-order valence-corrected chi connectivity index (χ4v) is 4.04. The highest BCUT2D eigenvalue weighted by atomic mass is 32.1. The van der Waals surface area contributed by atoms with Crippen LogP contribution in [0.4, 0.5) is 0 Å². The van der Waals surface area contributed by atoms with Crippen molar-refractivity contribution in [2.45, 2.75) is 31.7 Å². The first-order chi connectivity index (χ1) is 11.3. The number of nitrogens with one attached hydrogen (secondary N) is 1. The summed E-state index contributed by atoms with van der Waals surface area (Å²) < 4.78 is 5.45. The molecule has 0 unspecified atom stereocenters. The van der Waals surface area contributed by atoms with Gasteiger partial charge in [-0.3, -0.25) is 4.79 Å². The molecule has 1 N–H and O–H groups in total. The van der Waals surface area contributed by atoms with Crippen LogP contribution in [0, 0.1) is 5.92 Å². The van der Waals surface area contributed by atoms with E-state index in [4.69, 9.17) is 4.74 Å². The summed E-state index contributed by atoms with van der Waals surface area (Å²) in [5.74, 6) is 0.635. The molecule has 0 bridgehead atoms. The van der Waals surface area contributed by atoms with E-state index in [1.54, 1.807) is 17.4 Å². The number of hydrogen-bond acceptors (Lipinski definition) is 4. The fraction of sp³-hybridized carbons (Fsp3) is 0.611. The van der Waals surface area contributed by atoms with Gasteiger partial charge in [-0.05, 0) is 62.2 Å². The van der Waals surface area contributed by atoms with Crippen LogP contribution in [-0.4, -0.2) is 49.7 Å². The van der Waals surface area contributed by atoms with E-state index in [1.807, 2.05) is 23.6 Å². The monoisotopic (exact) mass is 334 g/mol. The molecular weight excluding hydrogens is 308 g/mol. The molecule has 2 aliphatic heterocycles. The van der Waals surface area contributed by atoms with E-state index in [0.29, 0.717) is 12.0 Å². The van der Waals surface area contributed by atoms with Crippen LogP contribution >= 0.6 is 11.3 Å². The second-order valence-electron chi connectivity index (χ2n) is 6.42. The van der Waals surface area contributed by atoms with Gasteiger partial charge in [0.05, 0.1) is 0 Å². The number of thiophene rings is 1. The van der Waals surface area contributed by atoms with Gasteiger partial charge in [0.2, 0.25) is 5.91 Å². The van der Waals surface area contributed by atoms with Crippen molar-refractivity contribution in [3.05, 3.63) is 28.5 Å². The number of carbonyl (C=O) groups excluding carboxylic acids is 1. The number of carbonyl (C=O) groups is 1. The molecule has 5 heteroatoms. The number of ether oxygens (including phenoxy) is 1. The van der Waals surface area contributed by atoms with Crippen molar-refractivity contribution in [3.63, 3.8) is 0 Å². The standard InChI is InChI=1S/C18H26N2O2S/c21-18(4-3-17-2-1-13-23-17)19-14-15-5-9-20(10-6-15)16-7-11-22-12-8-16/h1-4,13,15-16H,5-12,14H2,(H,19,21). The molecule has 0 saturated carbocycles. The SMILES string of the molecule is O=C(C=Cc1cccs1)NCC1CCN(C2CCOCC2)CC1. The maximum absolute atomic E-state index is 11.9. The molecule has 4 nitrogen and oxygen atoms in total. The first-order valence-electron chi connectivity index (χ1n) is 8.62. The van der Waals surface area contributed by atoms with E-state index in [1.165, 1.54) is 25.7 Å². The van der Waals surface area contributed by atoms with Crippen LogP contribution < -0.4 is 5.32 Å². The number of rotatable bonds is 5. The van der Waals surface area contributed by atoms with E-state index in [-0.39, 0.29) is 5.91 Å². The van der Waals surface area contributed by atoms with Crippen LogP contribution in [0.5, 0.6) is 0 Å². The molecule has 2 saturated heterocycles. The van der Waals surface area contributed by atoms with Crippen molar-refractivity contribution >= 4 is 23.3 Å². The van der Waals surface area contributed by atoms with Gasteiger partial charge in [0.1, 0.15) is 0 Å². The maximum Gasteiger partial charge on any atom is 0.244 e. The second-order valence-corrected chi connectivity index (χ2v) is 7.40. The zero-order valence-corrected chi connectivity index (χ0v) is 14.4. The van der Waals surface area contributed by atoms with Gasteiger partial charge in [-0.1, -0.05) is 6.07 Å². The molecule has 2 aliphatic rings. The molecule has 1 aromatic rings. The van der Waals surface area contributed by atoms with Gasteiger partial charge in [0, 0.05) is 36.8 Å². The summed E-state index contributed by atoms with van der Waals surface area (Å²) >= 11 is 1.64. The van der Waals surface area contributed by atoms with Crippen LogP contribution in [0.3, 0.4) is 0 Å². The lowest BCUT2D eigenvalue weighted by Crippen LogP contribution is -2.45. The van der Waals surface area contributed by atoms with Crippen LogP contribution in [0.2, 0.25) is 0 Å². The number of nitrogens with zero attached hydrogens (tertiary/aromatic N) is 1. The first kappa shape index (κ1) is 16.7. The van der Waals surface area contributed by atoms with Gasteiger partial charge in [0.25, 0.3) is 0 Å². The molecule has 1 aromatic heterocycles. The Kier molecular flexibility index (Phi) is 6.25. The molecule has 126 valence electrons. The average molecular weight is 334 g/mol. The number of hydrogen-bond donors (Lipinski definition) is 1. The summed E-state index contributed by atoms with van der Waals surface area (Å²) in [5.41, 5.74) is 0. The second kappa shape index (κ2) is 8.62. The van der Waals surface area contributed by atoms with Crippen molar-refractivity contribution in [1.29, 1.82) is 0 Å². The maximum atomic E-state index is 11.9. The third kappa shape index (κ3) is 5.16. The summed E-state index contributed by atoms with van der Waals surface area (Å²) in [7, 11) is 0. The average Bonchev–Trinajstić information content (AvgIpc) is 3.13. The third-order valence-corrected chi connectivity index (χ3v) is 5.70. The lowest BCUT2D eigenvalue weighted by Gasteiger charge is -2.39. The Bertz CT molecular complexity index is 501. The van der Waals surface area contributed by atoms with Gasteiger partial charge >= 0.3 is 0 Å². The molecule has 0 aromatic carbocycles. The lowest BCUT2D eigenvalue weighted by molar-refractivity contribution is -0.116. The van der Waals surface area contributed by atoms with E-state index in [9.17, 15) is 4.79 Å². The van der Waals surface area contributed by atoms with E-state index >= 15 is 0 Å². The van der Waals surface area contributed by atoms with Gasteiger partial charge < -0.3 is 15.0 Å². The zero-order chi connectivity index (χ0) is 15.9. The van der Waals surface area contributed by atoms with Crippen molar-refractivity contribution in [2.75, 3.05) is 32.8 Å². The highest BCUT2D eigenvalue weighted by molar-refractivity contribution is 7.10. The molecule has 23 heavy (non-hydrogen) atoms. The Morgan fingerprint density at radius 3 is 2.78 bits per heavy atom. The highest BCUT2D eigenvalue weighted by Crippen LogP contribution is 2.22. The zero-order valence-electron chi connectivity index (χ0n) is 13.6. The van der Waals surface area contributed by atoms with Crippen LogP contribution in [0.15, 0.2) is 23.6 Å². The minimum atomic E-state index is 0.0188. The van der Waals surface area contributed by atoms with Crippen molar-refractivity contribution in [2.24, 2.45) is 5.92 Å². The molecule has 0 aliphatic carbocycles. The normalized spacial score (nSPS) is 21.7. The molecule has 3 heterocycles. The van der Waals surface area contributed by atoms with Crippen molar-refractivity contribution in [1.82, 2.24) is 10.2 Å². The number of piperidine rings is 1. The molecule has 3 rings (SSSR count). The number of amides is 1. The summed E-state index contributed by atoms with van der Waals surface area (Å²) in [6, 6.07) is 4.72. The predicted octanol–water partition coefficient (Wildman–Crippen LogP) is 2.77. The molecular formula is C18H26N2O2S. The molecule has 0 spiro atoms. The van der Waals surface area contributed by atoms with E-state index in [0.717, 1.165) is 37.7 Å². The Hall–Kier alpha value is -1.17. The van der Waals surface area contributed by atoms with E-state index in [2.05, 4.69) is 10.2 Å². The van der Waals surface area contributed by atoms with Crippen LogP contribution in [0.25, 0.3) is 6.08 Å². The molecule has 0 radical (unpaired) electrons. The topological polar surface area (TPSA) is 41.6 Å². The lowest BCUT2D eigenvalue weighted by atomic mass is 9.94. The predicted molar refractivity (Wildman–Crippen MR) is 94.5 cm³/mol. The smallest absolute Gasteiger partial charge is 0.244 e. The molecule has 2 fully saturated rings. The summed E-state index contributed by atoms with van der Waals surface area (Å²) in [4.78, 5) is 15.6. The third-order valence-electron chi connectivity index (χ3n) is 4.86. The minimum absolute atomic E-state index is 0.0188. The van der Waals surface area contributed by atoms with Gasteiger partial charge in [-0.2, -0.15) is 0 Å². The molecule has 0 atom stereocenters. The summed E-state index contributed by atoms with van der Waals surface area (Å²) in [6.45, 7) is 4.95. The van der Waals surface area contributed by atoms with Gasteiger partial charge in [-0.15, -0.1) is 11.3 Å². The van der Waals surface area contributed by atoms with Crippen LogP contribution in [0.1, 0.15) is 30.6 Å². The summed E-state index contributed by atoms with van der Waals surface area (Å²) in [5, 5.41) is 5.07. The van der Waals surface area contributed by atoms with Crippen molar-refractivity contribution < 1.29 is 9.53 Å². The largest absolute Gasteiger partial charge is 0.381 e. The Labute approximate surface area is 142 Å². The van der Waals surface area contributed by atoms with Gasteiger partial charge in [0.15, 0.2) is 0 Å². The highest BCUT2D eigenvalue weighted by Gasteiger charge is 2.26. The van der Waals surface area contributed by atoms with E-state index < -0.39 is 0 Å². The van der Waals surface area contributed by atoms with Crippen molar-refractivity contribution in [3.8, 4) is 0 Å². The van der Waals surface area contributed by atoms with Crippen LogP contribution in [-0.2, 0) is 9.53 Å². The quantitative estimate of drug-likeness (QED) is 0.842. The van der Waals surface area contributed by atoms with Gasteiger partial charge in [-0.25, -0.2) is 0 Å². The Balaban J connectivity index is 1.35. The fourth-order valence-electron chi connectivity index (χ4n) is 3.42. The Morgan fingerprint density at radius 2 is 2.09 bits per heavy atom. The molecule has 1 amide bonds. The first-order valence-corrected chi connectivity index (χ1v) is 9.50. The number of likely N-dealkylation sites (tertiary alicyclic amines) is 1. The minimum Gasteiger partial charge on any atom is -0.381 e. The summed E-state index contributed by atoms with van der Waals surface area (Å²) in [6.07, 6.45) is 8.25. The Morgan fingerprint density at radius 1 is 1.30 bits per heavy atom.